The molecule has 5 nitrogen and oxygen atoms in total. The number of halogens is 6. The van der Waals surface area contributed by atoms with Gasteiger partial charge in [-0.1, -0.05) is 6.08 Å². The first-order valence-electron chi connectivity index (χ1n) is 13.0. The fourth-order valence-electron chi connectivity index (χ4n) is 5.99. The van der Waals surface area contributed by atoms with Gasteiger partial charge in [0.2, 0.25) is 0 Å². The van der Waals surface area contributed by atoms with Gasteiger partial charge in [0.15, 0.2) is 5.11 Å². The zero-order chi connectivity index (χ0) is 29.5. The van der Waals surface area contributed by atoms with Crippen LogP contribution in [0.25, 0.3) is 10.9 Å². The maximum Gasteiger partial charge on any atom is 0.416 e. The molecule has 0 amide bonds. The van der Waals surface area contributed by atoms with Crippen molar-refractivity contribution in [1.29, 1.82) is 0 Å². The van der Waals surface area contributed by atoms with Crippen LogP contribution in [0.3, 0.4) is 0 Å². The number of nitrogens with one attached hydrogen (secondary N) is 2. The minimum absolute atomic E-state index is 0.0475. The highest BCUT2D eigenvalue weighted by atomic mass is 32.1. The van der Waals surface area contributed by atoms with E-state index in [1.165, 1.54) is 0 Å². The Hall–Kier alpha value is -3.38. The lowest BCUT2D eigenvalue weighted by atomic mass is 9.73. The van der Waals surface area contributed by atoms with Crippen LogP contribution in [0.2, 0.25) is 0 Å². The molecule has 3 fully saturated rings. The molecule has 2 aromatic carbocycles. The number of aromatic nitrogens is 1. The molecule has 2 bridgehead atoms. The molecule has 4 heterocycles. The Kier molecular flexibility index (Phi) is 7.90. The highest BCUT2D eigenvalue weighted by molar-refractivity contribution is 7.80. The zero-order valence-electron chi connectivity index (χ0n) is 22.0. The van der Waals surface area contributed by atoms with Crippen LogP contribution in [0.4, 0.5) is 32.0 Å². The third-order valence-corrected chi connectivity index (χ3v) is 8.21. The first-order chi connectivity index (χ1) is 19.4. The van der Waals surface area contributed by atoms with E-state index < -0.39 is 35.2 Å². The molecule has 0 spiro atoms. The number of fused-ring (bicyclic) bond motifs is 4. The zero-order valence-corrected chi connectivity index (χ0v) is 22.8. The number of methoxy groups -OCH3 is 1. The average molecular weight is 595 g/mol. The van der Waals surface area contributed by atoms with Crippen LogP contribution >= 0.6 is 12.2 Å². The Labute approximate surface area is 238 Å². The monoisotopic (exact) mass is 594 g/mol. The van der Waals surface area contributed by atoms with Crippen LogP contribution < -0.4 is 15.4 Å². The summed E-state index contributed by atoms with van der Waals surface area (Å²) in [4.78, 5) is 6.80. The Balaban J connectivity index is 1.51. The van der Waals surface area contributed by atoms with Gasteiger partial charge in [0, 0.05) is 29.9 Å². The number of hydrogen-bond acceptors (Lipinski definition) is 4. The quantitative estimate of drug-likeness (QED) is 0.179. The summed E-state index contributed by atoms with van der Waals surface area (Å²) in [5.41, 5.74) is -1.71. The second kappa shape index (κ2) is 11.1. The number of alkyl halides is 6. The number of ether oxygens (including phenoxy) is 1. The summed E-state index contributed by atoms with van der Waals surface area (Å²) in [6.07, 6.45) is -4.48. The minimum Gasteiger partial charge on any atom is -0.497 e. The van der Waals surface area contributed by atoms with Crippen LogP contribution in [0.5, 0.6) is 5.75 Å². The van der Waals surface area contributed by atoms with E-state index in [9.17, 15) is 26.3 Å². The normalized spacial score (nSPS) is 23.2. The SMILES string of the molecule is C=C[C@@H]1CN2CC[C@H]1C[C@@H]2[C@H](NC(=S)Nc1cc(C(F)(F)F)cc(C(F)(F)F)c1)c1ccnc2ccc(OC)cc12. The Bertz CT molecular complexity index is 1430. The van der Waals surface area contributed by atoms with Gasteiger partial charge in [0.1, 0.15) is 5.75 Å². The third kappa shape index (κ3) is 6.13. The van der Waals surface area contributed by atoms with Gasteiger partial charge in [0.25, 0.3) is 0 Å². The van der Waals surface area contributed by atoms with E-state index in [1.54, 1.807) is 19.4 Å². The maximum absolute atomic E-state index is 13.4. The number of piperidine rings is 3. The molecule has 41 heavy (non-hydrogen) atoms. The molecule has 3 aliphatic heterocycles. The lowest BCUT2D eigenvalue weighted by molar-refractivity contribution is -0.143. The average Bonchev–Trinajstić information content (AvgIpc) is 2.94. The summed E-state index contributed by atoms with van der Waals surface area (Å²) in [5, 5.41) is 6.52. The van der Waals surface area contributed by atoms with Gasteiger partial charge >= 0.3 is 12.4 Å². The van der Waals surface area contributed by atoms with E-state index in [4.69, 9.17) is 17.0 Å². The largest absolute Gasteiger partial charge is 0.497 e. The molecule has 1 unspecified atom stereocenters. The van der Waals surface area contributed by atoms with Gasteiger partial charge in [-0.25, -0.2) is 0 Å². The summed E-state index contributed by atoms with van der Waals surface area (Å²) in [6.45, 7) is 5.63. The van der Waals surface area contributed by atoms with Gasteiger partial charge in [-0.05, 0) is 91.5 Å². The van der Waals surface area contributed by atoms with Gasteiger partial charge in [-0.3, -0.25) is 9.88 Å². The van der Waals surface area contributed by atoms with E-state index in [0.717, 1.165) is 36.9 Å². The number of benzene rings is 2. The summed E-state index contributed by atoms with van der Waals surface area (Å²) < 4.78 is 86.0. The summed E-state index contributed by atoms with van der Waals surface area (Å²) in [7, 11) is 1.55. The predicted octanol–water partition coefficient (Wildman–Crippen LogP) is 7.21. The van der Waals surface area contributed by atoms with Gasteiger partial charge in [0.05, 0.1) is 29.8 Å². The Morgan fingerprint density at radius 1 is 1.10 bits per heavy atom. The highest BCUT2D eigenvalue weighted by Crippen LogP contribution is 2.43. The number of pyridine rings is 1. The molecule has 0 radical (unpaired) electrons. The van der Waals surface area contributed by atoms with Crippen molar-refractivity contribution in [2.75, 3.05) is 25.5 Å². The minimum atomic E-state index is -4.97. The Morgan fingerprint density at radius 3 is 2.39 bits per heavy atom. The molecule has 1 aromatic heterocycles. The van der Waals surface area contributed by atoms with E-state index in [2.05, 4.69) is 27.1 Å². The first kappa shape index (κ1) is 29.1. The third-order valence-electron chi connectivity index (χ3n) is 7.99. The molecular formula is C29H28F6N4OS. The van der Waals surface area contributed by atoms with Crippen molar-refractivity contribution in [1.82, 2.24) is 15.2 Å². The summed E-state index contributed by atoms with van der Waals surface area (Å²) >= 11 is 5.50. The van der Waals surface area contributed by atoms with Crippen LogP contribution in [-0.4, -0.2) is 41.2 Å². The number of nitrogens with zero attached hydrogens (tertiary/aromatic N) is 2. The number of anilines is 1. The smallest absolute Gasteiger partial charge is 0.416 e. The van der Waals surface area contributed by atoms with Crippen LogP contribution in [0.1, 0.15) is 35.6 Å². The summed E-state index contributed by atoms with van der Waals surface area (Å²) in [6, 6.07) is 8.15. The molecule has 6 rings (SSSR count). The van der Waals surface area contributed by atoms with Crippen molar-refractivity contribution in [3.8, 4) is 5.75 Å². The topological polar surface area (TPSA) is 49.4 Å². The van der Waals surface area contributed by atoms with Crippen molar-refractivity contribution in [3.63, 3.8) is 0 Å². The van der Waals surface area contributed by atoms with Gasteiger partial charge < -0.3 is 15.4 Å². The maximum atomic E-state index is 13.4. The van der Waals surface area contributed by atoms with E-state index >= 15 is 0 Å². The van der Waals surface area contributed by atoms with Gasteiger partial charge in [-0.2, -0.15) is 26.3 Å². The van der Waals surface area contributed by atoms with Crippen LogP contribution in [-0.2, 0) is 12.4 Å². The molecule has 0 saturated carbocycles. The number of thiocarbonyl (C=S) groups is 1. The van der Waals surface area contributed by atoms with Crippen molar-refractivity contribution >= 4 is 33.9 Å². The highest BCUT2D eigenvalue weighted by Gasteiger charge is 2.43. The lowest BCUT2D eigenvalue weighted by Crippen LogP contribution is -2.57. The van der Waals surface area contributed by atoms with Gasteiger partial charge in [-0.15, -0.1) is 6.58 Å². The van der Waals surface area contributed by atoms with Crippen molar-refractivity contribution in [2.24, 2.45) is 11.8 Å². The van der Waals surface area contributed by atoms with Crippen molar-refractivity contribution in [2.45, 2.75) is 37.3 Å². The molecule has 12 heteroatoms. The second-order valence-electron chi connectivity index (χ2n) is 10.4. The standard InChI is InChI=1S/C29H28F6N4OS/c1-3-16-15-39-9-7-17(16)10-25(39)26(22-6-8-36-24-5-4-21(40-2)14-23(22)24)38-27(41)37-20-12-18(28(30,31)32)11-19(13-20)29(33,34)35/h3-6,8,11-14,16-17,25-26H,1,7,9-10,15H2,2H3,(H2,37,38,41)/t16-,17+,25-,26-/m1/s1. The Morgan fingerprint density at radius 2 is 1.80 bits per heavy atom. The fraction of sp³-hybridized carbons (Fsp3) is 0.379. The molecular weight excluding hydrogens is 566 g/mol. The second-order valence-corrected chi connectivity index (χ2v) is 10.8. The lowest BCUT2D eigenvalue weighted by Gasteiger charge is -2.52. The van der Waals surface area contributed by atoms with Crippen molar-refractivity contribution < 1.29 is 31.1 Å². The predicted molar refractivity (Wildman–Crippen MR) is 149 cm³/mol. The molecule has 0 aliphatic carbocycles. The van der Waals surface area contributed by atoms with Crippen LogP contribution in [0, 0.1) is 11.8 Å². The molecule has 3 aliphatic rings. The fourth-order valence-corrected chi connectivity index (χ4v) is 6.23. The van der Waals surface area contributed by atoms with E-state index in [-0.39, 0.29) is 17.2 Å². The number of rotatable bonds is 6. The molecule has 218 valence electrons. The molecule has 3 saturated heterocycles. The van der Waals surface area contributed by atoms with E-state index in [0.29, 0.717) is 35.2 Å². The number of hydrogen-bond donors (Lipinski definition) is 2. The molecule has 2 N–H and O–H groups in total. The molecule has 3 aromatic rings. The first-order valence-corrected chi connectivity index (χ1v) is 13.4. The molecule has 5 atom stereocenters. The van der Waals surface area contributed by atoms with E-state index in [1.807, 2.05) is 24.3 Å². The van der Waals surface area contributed by atoms with Crippen LogP contribution in [0.15, 0.2) is 61.3 Å². The van der Waals surface area contributed by atoms with Crippen molar-refractivity contribution in [3.05, 3.63) is 78.0 Å². The summed E-state index contributed by atoms with van der Waals surface area (Å²) in [5.74, 6) is 1.35.